The van der Waals surface area contributed by atoms with Gasteiger partial charge in [-0.15, -0.1) is 0 Å². The Kier molecular flexibility index (Phi) is 6.84. The highest BCUT2D eigenvalue weighted by Crippen LogP contribution is 2.25. The number of hydrogen-bond acceptors (Lipinski definition) is 6. The van der Waals surface area contributed by atoms with E-state index in [9.17, 15) is 18.0 Å². The average molecular weight is 490 g/mol. The van der Waals surface area contributed by atoms with Gasteiger partial charge in [0.15, 0.2) is 9.84 Å². The lowest BCUT2D eigenvalue weighted by Gasteiger charge is -2.09. The molecule has 4 aromatic rings. The van der Waals surface area contributed by atoms with Gasteiger partial charge in [-0.1, -0.05) is 48.0 Å². The van der Waals surface area contributed by atoms with E-state index in [1.807, 2.05) is 37.3 Å². The van der Waals surface area contributed by atoms with E-state index in [4.69, 9.17) is 9.47 Å². The van der Waals surface area contributed by atoms with E-state index < -0.39 is 21.9 Å². The summed E-state index contributed by atoms with van der Waals surface area (Å²) in [6, 6.07) is 22.0. The van der Waals surface area contributed by atoms with Crippen molar-refractivity contribution in [1.29, 1.82) is 0 Å². The minimum atomic E-state index is -3.76. The molecule has 0 spiro atoms. The Bertz CT molecular complexity index is 1520. The lowest BCUT2D eigenvalue weighted by Crippen LogP contribution is -2.15. The molecule has 8 heteroatoms. The summed E-state index contributed by atoms with van der Waals surface area (Å²) in [5.41, 5.74) is 2.80. The van der Waals surface area contributed by atoms with E-state index in [-0.39, 0.29) is 17.2 Å². The third kappa shape index (κ3) is 5.33. The Hall–Kier alpha value is -4.17. The number of rotatable bonds is 6. The van der Waals surface area contributed by atoms with Gasteiger partial charge in [-0.05, 0) is 55.0 Å². The van der Waals surface area contributed by atoms with Gasteiger partial charge in [0.05, 0.1) is 28.8 Å². The molecule has 0 amide bonds. The largest absolute Gasteiger partial charge is 0.465 e. The van der Waals surface area contributed by atoms with Gasteiger partial charge in [0.2, 0.25) is 0 Å². The van der Waals surface area contributed by atoms with Gasteiger partial charge in [-0.2, -0.15) is 0 Å². The fourth-order valence-corrected chi connectivity index (χ4v) is 4.55. The second kappa shape index (κ2) is 9.99. The van der Waals surface area contributed by atoms with Gasteiger partial charge >= 0.3 is 12.1 Å². The van der Waals surface area contributed by atoms with E-state index in [0.29, 0.717) is 16.5 Å². The van der Waals surface area contributed by atoms with Crippen LogP contribution in [0.3, 0.4) is 0 Å². The van der Waals surface area contributed by atoms with Crippen LogP contribution in [-0.4, -0.2) is 32.2 Å². The highest BCUT2D eigenvalue weighted by atomic mass is 32.2. The quantitative estimate of drug-likeness (QED) is 0.338. The summed E-state index contributed by atoms with van der Waals surface area (Å²) in [6.07, 6.45) is 0.665. The number of ether oxygens (including phenoxy) is 2. The molecule has 0 unspecified atom stereocenters. The van der Waals surface area contributed by atoms with Crippen LogP contribution < -0.4 is 0 Å². The summed E-state index contributed by atoms with van der Waals surface area (Å²) in [5.74, 6) is -0.523. The lowest BCUT2D eigenvalue weighted by atomic mass is 10.1. The highest BCUT2D eigenvalue weighted by Gasteiger charge is 2.18. The summed E-state index contributed by atoms with van der Waals surface area (Å²) in [5, 5.41) is 1.60. The lowest BCUT2D eigenvalue weighted by molar-refractivity contribution is 0.0601. The number of esters is 1. The number of aryl methyl sites for hydroxylation is 1. The van der Waals surface area contributed by atoms with E-state index in [0.717, 1.165) is 16.5 Å². The normalized spacial score (nSPS) is 11.6. The van der Waals surface area contributed by atoms with E-state index >= 15 is 0 Å². The number of aromatic nitrogens is 1. The Morgan fingerprint density at radius 1 is 0.943 bits per heavy atom. The van der Waals surface area contributed by atoms with Crippen molar-refractivity contribution in [3.05, 3.63) is 107 Å². The molecule has 7 nitrogen and oxygen atoms in total. The predicted molar refractivity (Wildman–Crippen MR) is 133 cm³/mol. The van der Waals surface area contributed by atoms with Crippen molar-refractivity contribution in [3.8, 4) is 0 Å². The zero-order chi connectivity index (χ0) is 25.0. The number of carbonyl (C=O) groups excluding carboxylic acids is 2. The third-order valence-electron chi connectivity index (χ3n) is 5.41. The molecule has 1 aromatic heterocycles. The molecule has 1 heterocycles. The second-order valence-electron chi connectivity index (χ2n) is 7.87. The molecule has 0 atom stereocenters. The Morgan fingerprint density at radius 3 is 2.34 bits per heavy atom. The van der Waals surface area contributed by atoms with Gasteiger partial charge in [-0.3, -0.25) is 0 Å². The maximum Gasteiger partial charge on any atom is 0.419 e. The van der Waals surface area contributed by atoms with Crippen LogP contribution in [0.2, 0.25) is 0 Å². The fourth-order valence-electron chi connectivity index (χ4n) is 3.56. The smallest absolute Gasteiger partial charge is 0.419 e. The van der Waals surface area contributed by atoms with Gasteiger partial charge < -0.3 is 9.47 Å². The molecule has 4 rings (SSSR count). The summed E-state index contributed by atoms with van der Waals surface area (Å²) < 4.78 is 37.2. The van der Waals surface area contributed by atoms with Crippen molar-refractivity contribution < 1.29 is 27.5 Å². The monoisotopic (exact) mass is 489 g/mol. The molecule has 0 aliphatic carbocycles. The molecule has 0 fully saturated rings. The maximum absolute atomic E-state index is 13.1. The summed E-state index contributed by atoms with van der Waals surface area (Å²) >= 11 is 0. The molecular formula is C27H23NO6S. The standard InChI is InChI=1S/C27H23NO6S/c1-19-8-11-24(12-9-19)35(31,32)15-14-23-17-22-16-21(26(29)33-2)10-13-25(22)28(23)27(30)34-18-20-6-4-3-5-7-20/h3-17H,18H2,1-2H3/b15-14+. The van der Waals surface area contributed by atoms with Crippen LogP contribution in [-0.2, 0) is 25.9 Å². The second-order valence-corrected chi connectivity index (χ2v) is 9.70. The molecule has 178 valence electrons. The first kappa shape index (κ1) is 24.0. The van der Waals surface area contributed by atoms with Crippen molar-refractivity contribution in [2.75, 3.05) is 7.11 Å². The molecule has 0 radical (unpaired) electrons. The molecule has 0 saturated heterocycles. The van der Waals surface area contributed by atoms with Crippen LogP contribution in [0.1, 0.15) is 27.2 Å². The molecular weight excluding hydrogens is 466 g/mol. The highest BCUT2D eigenvalue weighted by molar-refractivity contribution is 7.94. The number of hydrogen-bond donors (Lipinski definition) is 0. The zero-order valence-electron chi connectivity index (χ0n) is 19.2. The Balaban J connectivity index is 1.73. The van der Waals surface area contributed by atoms with Crippen LogP contribution >= 0.6 is 0 Å². The summed E-state index contributed by atoms with van der Waals surface area (Å²) in [7, 11) is -2.48. The predicted octanol–water partition coefficient (Wildman–Crippen LogP) is 5.37. The average Bonchev–Trinajstić information content (AvgIpc) is 3.24. The number of benzene rings is 3. The topological polar surface area (TPSA) is 91.7 Å². The molecule has 0 aliphatic rings. The molecule has 35 heavy (non-hydrogen) atoms. The summed E-state index contributed by atoms with van der Waals surface area (Å²) in [4.78, 5) is 25.2. The zero-order valence-corrected chi connectivity index (χ0v) is 20.0. The van der Waals surface area contributed by atoms with Crippen LogP contribution in [0.15, 0.2) is 89.2 Å². The van der Waals surface area contributed by atoms with Crippen LogP contribution in [0, 0.1) is 6.92 Å². The molecule has 0 aliphatic heterocycles. The Labute approximate surface area is 203 Å². The first-order chi connectivity index (χ1) is 16.8. The van der Waals surface area contributed by atoms with Crippen molar-refractivity contribution in [2.24, 2.45) is 0 Å². The fraction of sp³-hybridized carbons (Fsp3) is 0.111. The third-order valence-corrected chi connectivity index (χ3v) is 6.83. The number of nitrogens with zero attached hydrogens (tertiary/aromatic N) is 1. The van der Waals surface area contributed by atoms with Crippen molar-refractivity contribution in [3.63, 3.8) is 0 Å². The number of carbonyl (C=O) groups is 2. The number of fused-ring (bicyclic) bond motifs is 1. The molecule has 0 saturated carbocycles. The Morgan fingerprint density at radius 2 is 1.66 bits per heavy atom. The first-order valence-corrected chi connectivity index (χ1v) is 12.3. The molecule has 0 N–H and O–H groups in total. The van der Waals surface area contributed by atoms with E-state index in [1.54, 1.807) is 30.3 Å². The number of methoxy groups -OCH3 is 1. The van der Waals surface area contributed by atoms with Crippen LogP contribution in [0.25, 0.3) is 17.0 Å². The molecule has 0 bridgehead atoms. The van der Waals surface area contributed by atoms with Gasteiger partial charge in [-0.25, -0.2) is 22.6 Å². The minimum absolute atomic E-state index is 0.0460. The molecule has 3 aromatic carbocycles. The number of sulfone groups is 1. The van der Waals surface area contributed by atoms with E-state index in [1.165, 1.54) is 36.0 Å². The SMILES string of the molecule is COC(=O)c1ccc2c(c1)cc(/C=C/S(=O)(=O)c1ccc(C)cc1)n2C(=O)OCc1ccccc1. The van der Waals surface area contributed by atoms with E-state index in [2.05, 4.69) is 0 Å². The van der Waals surface area contributed by atoms with Gasteiger partial charge in [0, 0.05) is 10.8 Å². The first-order valence-electron chi connectivity index (χ1n) is 10.7. The van der Waals surface area contributed by atoms with Crippen molar-refractivity contribution in [2.45, 2.75) is 18.4 Å². The minimum Gasteiger partial charge on any atom is -0.465 e. The van der Waals surface area contributed by atoms with Gasteiger partial charge in [0.1, 0.15) is 6.61 Å². The van der Waals surface area contributed by atoms with Crippen LogP contribution in [0.5, 0.6) is 0 Å². The van der Waals surface area contributed by atoms with Gasteiger partial charge in [0.25, 0.3) is 0 Å². The van der Waals surface area contributed by atoms with Crippen molar-refractivity contribution >= 4 is 38.9 Å². The van der Waals surface area contributed by atoms with Crippen LogP contribution in [0.4, 0.5) is 4.79 Å². The maximum atomic E-state index is 13.1. The summed E-state index contributed by atoms with van der Waals surface area (Å²) in [6.45, 7) is 1.92. The van der Waals surface area contributed by atoms with Crippen molar-refractivity contribution in [1.82, 2.24) is 4.57 Å².